The number of carbonyl (C=O) groups is 1. The Balaban J connectivity index is 1.67. The largest absolute Gasteiger partial charge is 0.383 e. The first-order valence-electron chi connectivity index (χ1n) is 12.7. The fourth-order valence-corrected chi connectivity index (χ4v) is 5.18. The van der Waals surface area contributed by atoms with Crippen molar-refractivity contribution in [3.8, 4) is 0 Å². The molecule has 2 aliphatic carbocycles. The molecule has 8 nitrogen and oxygen atoms in total. The number of anilines is 2. The maximum absolute atomic E-state index is 13.8. The Hall–Kier alpha value is -2.87. The van der Waals surface area contributed by atoms with Gasteiger partial charge in [-0.15, -0.1) is 0 Å². The Morgan fingerprint density at radius 3 is 2.62 bits per heavy atom. The summed E-state index contributed by atoms with van der Waals surface area (Å²) < 4.78 is 1.36. The fraction of sp³-hybridized carbons (Fsp3) is 0.577. The molecular weight excluding hydrogens is 430 g/mol. The van der Waals surface area contributed by atoms with Crippen LogP contribution in [-0.2, 0) is 17.8 Å². The van der Waals surface area contributed by atoms with Crippen molar-refractivity contribution in [2.45, 2.75) is 83.8 Å². The first-order valence-corrected chi connectivity index (χ1v) is 12.7. The third-order valence-corrected chi connectivity index (χ3v) is 7.04. The number of fused-ring (bicyclic) bond motifs is 1. The topological polar surface area (TPSA) is 104 Å². The smallest absolute Gasteiger partial charge is 0.330 e. The summed E-state index contributed by atoms with van der Waals surface area (Å²) in [5, 5.41) is 0. The summed E-state index contributed by atoms with van der Waals surface area (Å²) in [5.41, 5.74) is 7.99. The SMILES string of the molecule is CCCCN(C(=O)CN(C1CC1)C1CCCc2ccccc21)c1c(N)n(CCC)c(=O)[nH]c1=O. The highest BCUT2D eigenvalue weighted by molar-refractivity contribution is 5.97. The molecule has 1 heterocycles. The van der Waals surface area contributed by atoms with Gasteiger partial charge in [0.15, 0.2) is 5.69 Å². The van der Waals surface area contributed by atoms with Gasteiger partial charge in [0.2, 0.25) is 5.91 Å². The molecule has 3 N–H and O–H groups in total. The van der Waals surface area contributed by atoms with Gasteiger partial charge in [0.1, 0.15) is 5.82 Å². The van der Waals surface area contributed by atoms with Crippen molar-refractivity contribution in [1.82, 2.24) is 14.5 Å². The maximum atomic E-state index is 13.8. The lowest BCUT2D eigenvalue weighted by atomic mass is 9.86. The number of rotatable bonds is 10. The Labute approximate surface area is 200 Å². The first-order chi connectivity index (χ1) is 16.5. The van der Waals surface area contributed by atoms with Crippen molar-refractivity contribution in [3.05, 3.63) is 56.2 Å². The van der Waals surface area contributed by atoms with Gasteiger partial charge in [0.05, 0.1) is 6.54 Å². The number of nitrogen functional groups attached to an aromatic ring is 1. The van der Waals surface area contributed by atoms with E-state index in [1.165, 1.54) is 20.6 Å². The number of nitrogens with one attached hydrogen (secondary N) is 1. The minimum absolute atomic E-state index is 0.0704. The summed E-state index contributed by atoms with van der Waals surface area (Å²) >= 11 is 0. The minimum atomic E-state index is -0.597. The van der Waals surface area contributed by atoms with Crippen molar-refractivity contribution >= 4 is 17.4 Å². The molecular formula is C26H37N5O3. The zero-order chi connectivity index (χ0) is 24.2. The van der Waals surface area contributed by atoms with Crippen LogP contribution in [0.5, 0.6) is 0 Å². The lowest BCUT2D eigenvalue weighted by molar-refractivity contribution is -0.120. The van der Waals surface area contributed by atoms with E-state index < -0.39 is 11.2 Å². The number of H-pyrrole nitrogens is 1. The molecule has 1 unspecified atom stereocenters. The van der Waals surface area contributed by atoms with Gasteiger partial charge in [0.25, 0.3) is 5.56 Å². The van der Waals surface area contributed by atoms with Crippen LogP contribution in [0.2, 0.25) is 0 Å². The maximum Gasteiger partial charge on any atom is 0.330 e. The highest BCUT2D eigenvalue weighted by Crippen LogP contribution is 2.40. The molecule has 0 aliphatic heterocycles. The number of amides is 1. The molecule has 1 aromatic carbocycles. The molecule has 1 aromatic heterocycles. The van der Waals surface area contributed by atoms with E-state index >= 15 is 0 Å². The number of unbranched alkanes of at least 4 members (excludes halogenated alkanes) is 1. The van der Waals surface area contributed by atoms with Crippen molar-refractivity contribution < 1.29 is 4.79 Å². The van der Waals surface area contributed by atoms with Crippen molar-refractivity contribution in [2.75, 3.05) is 23.7 Å². The van der Waals surface area contributed by atoms with Crippen molar-refractivity contribution in [3.63, 3.8) is 0 Å². The lowest BCUT2D eigenvalue weighted by Gasteiger charge is -2.37. The standard InChI is InChI=1S/C26H37N5O3/c1-3-5-16-29(23-24(27)30(15-4-2)26(34)28-25(23)33)22(32)17-31(19-13-14-19)21-12-8-10-18-9-6-7-11-20(18)21/h6-7,9,11,19,21H,3-5,8,10,12-17,27H2,1-2H3,(H,28,33,34). The molecule has 1 atom stereocenters. The van der Waals surface area contributed by atoms with Gasteiger partial charge in [-0.1, -0.05) is 44.5 Å². The Morgan fingerprint density at radius 2 is 1.91 bits per heavy atom. The Morgan fingerprint density at radius 1 is 1.15 bits per heavy atom. The van der Waals surface area contributed by atoms with Crippen LogP contribution in [0.25, 0.3) is 0 Å². The molecule has 8 heteroatoms. The summed E-state index contributed by atoms with van der Waals surface area (Å²) in [7, 11) is 0. The van der Waals surface area contributed by atoms with E-state index in [1.54, 1.807) is 0 Å². The summed E-state index contributed by atoms with van der Waals surface area (Å²) in [6.07, 6.45) is 7.69. The number of benzene rings is 1. The normalized spacial score (nSPS) is 17.6. The average Bonchev–Trinajstić information content (AvgIpc) is 3.67. The summed E-state index contributed by atoms with van der Waals surface area (Å²) in [4.78, 5) is 45.2. The predicted molar refractivity (Wildman–Crippen MR) is 135 cm³/mol. The van der Waals surface area contributed by atoms with Gasteiger partial charge in [-0.2, -0.15) is 0 Å². The zero-order valence-electron chi connectivity index (χ0n) is 20.4. The van der Waals surface area contributed by atoms with E-state index in [4.69, 9.17) is 5.73 Å². The predicted octanol–water partition coefficient (Wildman–Crippen LogP) is 3.20. The van der Waals surface area contributed by atoms with Gasteiger partial charge in [0, 0.05) is 25.2 Å². The second-order valence-corrected chi connectivity index (χ2v) is 9.55. The highest BCUT2D eigenvalue weighted by Gasteiger charge is 2.38. The summed E-state index contributed by atoms with van der Waals surface area (Å²) in [6.45, 7) is 5.00. The second-order valence-electron chi connectivity index (χ2n) is 9.55. The third-order valence-electron chi connectivity index (χ3n) is 7.04. The van der Waals surface area contributed by atoms with Gasteiger partial charge in [-0.25, -0.2) is 4.79 Å². The van der Waals surface area contributed by atoms with Gasteiger partial charge < -0.3 is 10.6 Å². The lowest BCUT2D eigenvalue weighted by Crippen LogP contribution is -2.47. The van der Waals surface area contributed by atoms with E-state index in [2.05, 4.69) is 34.1 Å². The number of carbonyl (C=O) groups excluding carboxylic acids is 1. The first kappa shape index (κ1) is 24.3. The van der Waals surface area contributed by atoms with E-state index in [9.17, 15) is 14.4 Å². The molecule has 1 fully saturated rings. The number of aromatic nitrogens is 2. The molecule has 4 rings (SSSR count). The Kier molecular flexibility index (Phi) is 7.56. The second kappa shape index (κ2) is 10.6. The minimum Gasteiger partial charge on any atom is -0.383 e. The highest BCUT2D eigenvalue weighted by atomic mass is 16.2. The third kappa shape index (κ3) is 4.97. The van der Waals surface area contributed by atoms with Crippen LogP contribution in [-0.4, -0.2) is 39.5 Å². The van der Waals surface area contributed by atoms with E-state index in [0.717, 1.165) is 44.9 Å². The number of aromatic amines is 1. The van der Waals surface area contributed by atoms with Crippen LogP contribution >= 0.6 is 0 Å². The summed E-state index contributed by atoms with van der Waals surface area (Å²) in [5.74, 6) is -0.0664. The van der Waals surface area contributed by atoms with Crippen LogP contribution in [0.15, 0.2) is 33.9 Å². The molecule has 1 saturated carbocycles. The van der Waals surface area contributed by atoms with Crippen LogP contribution in [0.4, 0.5) is 11.5 Å². The quantitative estimate of drug-likeness (QED) is 0.558. The summed E-state index contributed by atoms with van der Waals surface area (Å²) in [6, 6.07) is 9.14. The van der Waals surface area contributed by atoms with Gasteiger partial charge in [-0.05, 0) is 56.1 Å². The number of aryl methyl sites for hydroxylation is 1. The van der Waals surface area contributed by atoms with Crippen molar-refractivity contribution in [2.24, 2.45) is 0 Å². The van der Waals surface area contributed by atoms with Crippen LogP contribution in [0, 0.1) is 0 Å². The number of hydrogen-bond acceptors (Lipinski definition) is 5. The number of hydrogen-bond donors (Lipinski definition) is 2. The molecule has 0 spiro atoms. The molecule has 0 radical (unpaired) electrons. The molecule has 0 saturated heterocycles. The fourth-order valence-electron chi connectivity index (χ4n) is 5.18. The van der Waals surface area contributed by atoms with Gasteiger partial charge in [-0.3, -0.25) is 24.0 Å². The molecule has 34 heavy (non-hydrogen) atoms. The monoisotopic (exact) mass is 467 g/mol. The van der Waals surface area contributed by atoms with Crippen LogP contribution in [0.1, 0.15) is 76.0 Å². The molecule has 184 valence electrons. The number of nitrogens with two attached hydrogens (primary N) is 1. The van der Waals surface area contributed by atoms with E-state index in [0.29, 0.717) is 25.6 Å². The number of nitrogens with zero attached hydrogens (tertiary/aromatic N) is 3. The van der Waals surface area contributed by atoms with Crippen molar-refractivity contribution in [1.29, 1.82) is 0 Å². The van der Waals surface area contributed by atoms with Crippen LogP contribution in [0.3, 0.4) is 0 Å². The Bertz CT molecular complexity index is 1130. The average molecular weight is 468 g/mol. The molecule has 2 aliphatic rings. The van der Waals surface area contributed by atoms with E-state index in [-0.39, 0.29) is 30.0 Å². The molecule has 1 amide bonds. The molecule has 2 aromatic rings. The van der Waals surface area contributed by atoms with Gasteiger partial charge >= 0.3 is 5.69 Å². The van der Waals surface area contributed by atoms with Crippen LogP contribution < -0.4 is 21.9 Å². The zero-order valence-corrected chi connectivity index (χ0v) is 20.4. The van der Waals surface area contributed by atoms with E-state index in [1.807, 2.05) is 13.8 Å². The molecule has 0 bridgehead atoms.